The monoisotopic (exact) mass is 339 g/mol. The Balaban J connectivity index is 2.00. The van der Waals surface area contributed by atoms with Gasteiger partial charge in [0.05, 0.1) is 16.9 Å². The van der Waals surface area contributed by atoms with E-state index in [1.165, 1.54) is 0 Å². The second kappa shape index (κ2) is 6.18. The van der Waals surface area contributed by atoms with Gasteiger partial charge in [0, 0.05) is 23.3 Å². The first kappa shape index (κ1) is 15.6. The van der Waals surface area contributed by atoms with Gasteiger partial charge in [0.2, 0.25) is 0 Å². The van der Waals surface area contributed by atoms with Crippen molar-refractivity contribution in [2.75, 3.05) is 5.73 Å². The van der Waals surface area contributed by atoms with E-state index in [0.29, 0.717) is 22.9 Å². The molecular weight excluding hydrogens is 326 g/mol. The molecule has 0 aliphatic carbocycles. The van der Waals surface area contributed by atoms with Crippen molar-refractivity contribution in [3.05, 3.63) is 60.3 Å². The van der Waals surface area contributed by atoms with Gasteiger partial charge in [-0.2, -0.15) is 5.26 Å². The number of aryl methyl sites for hydroxylation is 1. The van der Waals surface area contributed by atoms with E-state index in [0.717, 1.165) is 16.5 Å². The lowest BCUT2D eigenvalue weighted by Crippen LogP contribution is -2.04. The van der Waals surface area contributed by atoms with Gasteiger partial charge in [-0.3, -0.25) is 4.98 Å². The van der Waals surface area contributed by atoms with Crippen molar-refractivity contribution in [2.24, 2.45) is 0 Å². The summed E-state index contributed by atoms with van der Waals surface area (Å²) in [6, 6.07) is 13.3. The van der Waals surface area contributed by atoms with Crippen LogP contribution in [0.15, 0.2) is 48.8 Å². The summed E-state index contributed by atoms with van der Waals surface area (Å²) in [5.74, 6) is 0.686. The number of hydrogen-bond acceptors (Lipinski definition) is 7. The number of nitrogen functional groups attached to an aromatic ring is 1. The molecule has 124 valence electrons. The topological polar surface area (TPSA) is 114 Å². The molecule has 7 nitrogen and oxygen atoms in total. The van der Waals surface area contributed by atoms with Gasteiger partial charge >= 0.3 is 0 Å². The second-order valence-corrected chi connectivity index (χ2v) is 5.67. The summed E-state index contributed by atoms with van der Waals surface area (Å²) >= 11 is 0. The summed E-state index contributed by atoms with van der Waals surface area (Å²) in [4.78, 5) is 21.7. The van der Waals surface area contributed by atoms with Gasteiger partial charge in [-0.05, 0) is 31.2 Å². The van der Waals surface area contributed by atoms with E-state index in [-0.39, 0.29) is 11.5 Å². The zero-order valence-electron chi connectivity index (χ0n) is 13.9. The molecule has 0 saturated heterocycles. The zero-order valence-corrected chi connectivity index (χ0v) is 13.9. The van der Waals surface area contributed by atoms with Crippen molar-refractivity contribution < 1.29 is 0 Å². The molecule has 7 heteroatoms. The van der Waals surface area contributed by atoms with Gasteiger partial charge < -0.3 is 5.73 Å². The van der Waals surface area contributed by atoms with Gasteiger partial charge in [0.15, 0.2) is 11.5 Å². The predicted octanol–water partition coefficient (Wildman–Crippen LogP) is 2.91. The maximum absolute atomic E-state index is 9.30. The summed E-state index contributed by atoms with van der Waals surface area (Å²) in [6.07, 6.45) is 3.40. The number of fused-ring (bicyclic) bond motifs is 1. The van der Waals surface area contributed by atoms with Gasteiger partial charge in [-0.15, -0.1) is 0 Å². The lowest BCUT2D eigenvalue weighted by Gasteiger charge is -2.10. The predicted molar refractivity (Wildman–Crippen MR) is 97.7 cm³/mol. The van der Waals surface area contributed by atoms with Crippen LogP contribution >= 0.6 is 0 Å². The first-order chi connectivity index (χ1) is 12.7. The molecule has 0 fully saturated rings. The fourth-order valence-corrected chi connectivity index (χ4v) is 2.72. The summed E-state index contributed by atoms with van der Waals surface area (Å²) in [7, 11) is 0. The number of hydrogen-bond donors (Lipinski definition) is 1. The van der Waals surface area contributed by atoms with Crippen LogP contribution in [0.5, 0.6) is 0 Å². The lowest BCUT2D eigenvalue weighted by atomic mass is 10.0. The SMILES string of the molecule is Cc1nccc(-c2nc(N)c(C#N)nc2-c2ccc3ncccc3c2)n1. The third-order valence-corrected chi connectivity index (χ3v) is 3.92. The van der Waals surface area contributed by atoms with Crippen LogP contribution in [0.2, 0.25) is 0 Å². The highest BCUT2D eigenvalue weighted by Crippen LogP contribution is 2.31. The number of nitrogens with zero attached hydrogens (tertiary/aromatic N) is 6. The smallest absolute Gasteiger partial charge is 0.183 e. The Kier molecular flexibility index (Phi) is 3.71. The minimum atomic E-state index is 0.0740. The maximum atomic E-state index is 9.30. The zero-order chi connectivity index (χ0) is 18.1. The highest BCUT2D eigenvalue weighted by molar-refractivity contribution is 5.87. The highest BCUT2D eigenvalue weighted by atomic mass is 15.0. The second-order valence-electron chi connectivity index (χ2n) is 5.67. The Hall–Kier alpha value is -3.92. The molecule has 0 spiro atoms. The fraction of sp³-hybridized carbons (Fsp3) is 0.0526. The van der Waals surface area contributed by atoms with E-state index in [4.69, 9.17) is 5.73 Å². The molecule has 0 amide bonds. The van der Waals surface area contributed by atoms with Crippen LogP contribution in [0.25, 0.3) is 33.5 Å². The number of rotatable bonds is 2. The number of benzene rings is 1. The van der Waals surface area contributed by atoms with Gasteiger partial charge in [0.25, 0.3) is 0 Å². The molecule has 0 aliphatic rings. The first-order valence-electron chi connectivity index (χ1n) is 7.88. The Morgan fingerprint density at radius 3 is 2.65 bits per heavy atom. The van der Waals surface area contributed by atoms with Crippen molar-refractivity contribution in [2.45, 2.75) is 6.92 Å². The molecule has 0 aliphatic heterocycles. The summed E-state index contributed by atoms with van der Waals surface area (Å²) < 4.78 is 0. The van der Waals surface area contributed by atoms with E-state index in [2.05, 4.69) is 24.9 Å². The molecule has 3 aromatic heterocycles. The third kappa shape index (κ3) is 2.70. The summed E-state index contributed by atoms with van der Waals surface area (Å²) in [5, 5.41) is 10.3. The van der Waals surface area contributed by atoms with Crippen LogP contribution < -0.4 is 5.73 Å². The molecule has 4 rings (SSSR count). The molecule has 4 aromatic rings. The highest BCUT2D eigenvalue weighted by Gasteiger charge is 2.17. The number of pyridine rings is 1. The largest absolute Gasteiger partial charge is 0.381 e. The average Bonchev–Trinajstić information content (AvgIpc) is 2.67. The van der Waals surface area contributed by atoms with Crippen LogP contribution in [0, 0.1) is 18.3 Å². The molecule has 0 unspecified atom stereocenters. The van der Waals surface area contributed by atoms with Crippen LogP contribution in [0.4, 0.5) is 5.82 Å². The van der Waals surface area contributed by atoms with Crippen LogP contribution in [0.1, 0.15) is 11.5 Å². The van der Waals surface area contributed by atoms with Crippen LogP contribution in [-0.4, -0.2) is 24.9 Å². The Morgan fingerprint density at radius 2 is 1.85 bits per heavy atom. The van der Waals surface area contributed by atoms with Crippen LogP contribution in [0.3, 0.4) is 0 Å². The molecule has 0 radical (unpaired) electrons. The van der Waals surface area contributed by atoms with E-state index < -0.39 is 0 Å². The Morgan fingerprint density at radius 1 is 0.962 bits per heavy atom. The molecule has 0 saturated carbocycles. The number of nitriles is 1. The van der Waals surface area contributed by atoms with Crippen molar-refractivity contribution in [1.82, 2.24) is 24.9 Å². The standard InChI is InChI=1S/C19H13N7/c1-11-22-8-6-15(24-11)18-17(25-16(10-20)19(21)26-18)13-4-5-14-12(9-13)3-2-7-23-14/h2-9H,1H3,(H2,21,26). The maximum Gasteiger partial charge on any atom is 0.183 e. The van der Waals surface area contributed by atoms with Gasteiger partial charge in [-0.25, -0.2) is 19.9 Å². The van der Waals surface area contributed by atoms with Crippen molar-refractivity contribution in [3.63, 3.8) is 0 Å². The minimum Gasteiger partial charge on any atom is -0.381 e. The minimum absolute atomic E-state index is 0.0740. The molecule has 26 heavy (non-hydrogen) atoms. The molecular formula is C19H13N7. The summed E-state index contributed by atoms with van der Waals surface area (Å²) in [6.45, 7) is 1.80. The number of anilines is 1. The van der Waals surface area contributed by atoms with Crippen molar-refractivity contribution in [3.8, 4) is 28.7 Å². The molecule has 0 atom stereocenters. The van der Waals surface area contributed by atoms with Gasteiger partial charge in [-0.1, -0.05) is 12.1 Å². The lowest BCUT2D eigenvalue weighted by molar-refractivity contribution is 1.05. The van der Waals surface area contributed by atoms with E-state index in [1.807, 2.05) is 36.4 Å². The number of nitrogens with two attached hydrogens (primary N) is 1. The Labute approximate surface area is 149 Å². The molecule has 0 bridgehead atoms. The van der Waals surface area contributed by atoms with Crippen molar-refractivity contribution >= 4 is 16.7 Å². The molecule has 2 N–H and O–H groups in total. The molecule has 1 aromatic carbocycles. The summed E-state index contributed by atoms with van der Waals surface area (Å²) in [5.41, 5.74) is 9.31. The quantitative estimate of drug-likeness (QED) is 0.597. The van der Waals surface area contributed by atoms with Gasteiger partial charge in [0.1, 0.15) is 17.6 Å². The third-order valence-electron chi connectivity index (χ3n) is 3.92. The average molecular weight is 339 g/mol. The normalized spacial score (nSPS) is 10.6. The fourth-order valence-electron chi connectivity index (χ4n) is 2.72. The Bertz CT molecular complexity index is 1180. The first-order valence-corrected chi connectivity index (χ1v) is 7.88. The number of aromatic nitrogens is 5. The van der Waals surface area contributed by atoms with E-state index >= 15 is 0 Å². The van der Waals surface area contributed by atoms with Crippen LogP contribution in [-0.2, 0) is 0 Å². The van der Waals surface area contributed by atoms with Crippen molar-refractivity contribution in [1.29, 1.82) is 5.26 Å². The molecule has 3 heterocycles. The van der Waals surface area contributed by atoms with E-state index in [9.17, 15) is 5.26 Å². The van der Waals surface area contributed by atoms with E-state index in [1.54, 1.807) is 25.4 Å².